The maximum atomic E-state index is 13.3. The zero-order valence-electron chi connectivity index (χ0n) is 11.2. The molecule has 1 aromatic rings. The maximum Gasteiger partial charge on any atom is 0.126 e. The Bertz CT molecular complexity index is 388. The van der Waals surface area contributed by atoms with Gasteiger partial charge in [0, 0.05) is 5.54 Å². The lowest BCUT2D eigenvalue weighted by molar-refractivity contribution is 0.431. The van der Waals surface area contributed by atoms with Crippen LogP contribution in [0.4, 0.5) is 4.39 Å². The number of aryl methyl sites for hydroxylation is 1. The molecule has 0 unspecified atom stereocenters. The van der Waals surface area contributed by atoms with Crippen molar-refractivity contribution in [3.63, 3.8) is 0 Å². The fourth-order valence-corrected chi connectivity index (χ4v) is 1.46. The first-order chi connectivity index (χ1) is 7.88. The summed E-state index contributed by atoms with van der Waals surface area (Å²) in [6, 6.07) is 5.32. The molecule has 0 radical (unpaired) electrons. The Kier molecular flexibility index (Phi) is 4.88. The predicted octanol–water partition coefficient (Wildman–Crippen LogP) is 3.93. The van der Waals surface area contributed by atoms with E-state index in [4.69, 9.17) is 0 Å². The summed E-state index contributed by atoms with van der Waals surface area (Å²) in [4.78, 5) is 0. The molecule has 0 fully saturated rings. The van der Waals surface area contributed by atoms with Crippen LogP contribution in [0, 0.1) is 12.7 Å². The minimum Gasteiger partial charge on any atom is -0.312 e. The van der Waals surface area contributed by atoms with Crippen molar-refractivity contribution in [2.75, 3.05) is 6.54 Å². The Morgan fingerprint density at radius 3 is 2.59 bits per heavy atom. The van der Waals surface area contributed by atoms with Crippen LogP contribution in [0.15, 0.2) is 24.3 Å². The molecule has 0 spiro atoms. The molecule has 1 N–H and O–H groups in total. The van der Waals surface area contributed by atoms with Crippen molar-refractivity contribution in [1.29, 1.82) is 0 Å². The van der Waals surface area contributed by atoms with Crippen LogP contribution in [0.25, 0.3) is 6.08 Å². The Morgan fingerprint density at radius 1 is 1.29 bits per heavy atom. The van der Waals surface area contributed by atoms with E-state index in [9.17, 15) is 4.39 Å². The fourth-order valence-electron chi connectivity index (χ4n) is 1.46. The van der Waals surface area contributed by atoms with Gasteiger partial charge in [0.05, 0.1) is 0 Å². The van der Waals surface area contributed by atoms with Crippen molar-refractivity contribution in [1.82, 2.24) is 5.32 Å². The Hall–Kier alpha value is -1.15. The quantitative estimate of drug-likeness (QED) is 0.780. The van der Waals surface area contributed by atoms with E-state index < -0.39 is 0 Å². The first-order valence-electron chi connectivity index (χ1n) is 6.06. The molecule has 2 heteroatoms. The number of benzene rings is 1. The molecule has 0 saturated heterocycles. The van der Waals surface area contributed by atoms with E-state index in [-0.39, 0.29) is 11.4 Å². The van der Waals surface area contributed by atoms with Gasteiger partial charge in [0.2, 0.25) is 0 Å². The molecular weight excluding hydrogens is 213 g/mol. The molecular formula is C15H22FN. The van der Waals surface area contributed by atoms with Gasteiger partial charge in [-0.1, -0.05) is 24.3 Å². The summed E-state index contributed by atoms with van der Waals surface area (Å²) in [5, 5.41) is 3.40. The SMILES string of the molecule is Cc1ccc(/C=C/CCNC(C)(C)C)cc1F. The second-order valence-electron chi connectivity index (χ2n) is 5.38. The van der Waals surface area contributed by atoms with E-state index in [0.717, 1.165) is 18.5 Å². The van der Waals surface area contributed by atoms with Gasteiger partial charge in [0.1, 0.15) is 5.82 Å². The van der Waals surface area contributed by atoms with Gasteiger partial charge in [-0.3, -0.25) is 0 Å². The third-order valence-electron chi connectivity index (χ3n) is 2.47. The molecule has 0 aliphatic rings. The molecule has 0 atom stereocenters. The van der Waals surface area contributed by atoms with Gasteiger partial charge in [0.15, 0.2) is 0 Å². The number of rotatable bonds is 4. The molecule has 0 bridgehead atoms. The van der Waals surface area contributed by atoms with E-state index in [0.29, 0.717) is 5.56 Å². The van der Waals surface area contributed by atoms with E-state index in [1.165, 1.54) is 0 Å². The van der Waals surface area contributed by atoms with E-state index >= 15 is 0 Å². The summed E-state index contributed by atoms with van der Waals surface area (Å²) < 4.78 is 13.3. The Labute approximate surface area is 104 Å². The van der Waals surface area contributed by atoms with Crippen molar-refractivity contribution < 1.29 is 4.39 Å². The van der Waals surface area contributed by atoms with Gasteiger partial charge in [-0.2, -0.15) is 0 Å². The number of nitrogens with one attached hydrogen (secondary N) is 1. The minimum atomic E-state index is -0.139. The zero-order chi connectivity index (χ0) is 12.9. The molecule has 0 aromatic heterocycles. The minimum absolute atomic E-state index is 0.139. The van der Waals surface area contributed by atoms with Crippen LogP contribution >= 0.6 is 0 Å². The Morgan fingerprint density at radius 2 is 2.00 bits per heavy atom. The molecule has 0 amide bonds. The number of hydrogen-bond acceptors (Lipinski definition) is 1. The highest BCUT2D eigenvalue weighted by molar-refractivity contribution is 5.49. The standard InChI is InChI=1S/C15H22FN/c1-12-8-9-13(11-14(12)16)7-5-6-10-17-15(2,3)4/h5,7-9,11,17H,6,10H2,1-4H3/b7-5+. The Balaban J connectivity index is 2.41. The van der Waals surface area contributed by atoms with Crippen LogP contribution in [-0.2, 0) is 0 Å². The molecule has 0 saturated carbocycles. The van der Waals surface area contributed by atoms with Crippen molar-refractivity contribution in [2.24, 2.45) is 0 Å². The first-order valence-corrected chi connectivity index (χ1v) is 6.06. The lowest BCUT2D eigenvalue weighted by atomic mass is 10.1. The van der Waals surface area contributed by atoms with Gasteiger partial charge in [-0.05, 0) is 57.9 Å². The topological polar surface area (TPSA) is 12.0 Å². The zero-order valence-corrected chi connectivity index (χ0v) is 11.2. The van der Waals surface area contributed by atoms with Crippen molar-refractivity contribution in [2.45, 2.75) is 39.7 Å². The molecule has 17 heavy (non-hydrogen) atoms. The average molecular weight is 235 g/mol. The van der Waals surface area contributed by atoms with Crippen LogP contribution in [0.1, 0.15) is 38.3 Å². The van der Waals surface area contributed by atoms with Gasteiger partial charge in [0.25, 0.3) is 0 Å². The van der Waals surface area contributed by atoms with Crippen molar-refractivity contribution in [3.8, 4) is 0 Å². The van der Waals surface area contributed by atoms with Crippen LogP contribution in [0.2, 0.25) is 0 Å². The van der Waals surface area contributed by atoms with Crippen molar-refractivity contribution in [3.05, 3.63) is 41.2 Å². The average Bonchev–Trinajstić information content (AvgIpc) is 2.21. The second kappa shape index (κ2) is 5.97. The second-order valence-corrected chi connectivity index (χ2v) is 5.38. The molecule has 94 valence electrons. The lowest BCUT2D eigenvalue weighted by Gasteiger charge is -2.19. The lowest BCUT2D eigenvalue weighted by Crippen LogP contribution is -2.36. The number of halogens is 1. The highest BCUT2D eigenvalue weighted by Gasteiger charge is 2.06. The van der Waals surface area contributed by atoms with Gasteiger partial charge in [-0.15, -0.1) is 0 Å². The van der Waals surface area contributed by atoms with Gasteiger partial charge >= 0.3 is 0 Å². The molecule has 0 aliphatic heterocycles. The van der Waals surface area contributed by atoms with Crippen LogP contribution in [-0.4, -0.2) is 12.1 Å². The van der Waals surface area contributed by atoms with Crippen LogP contribution in [0.3, 0.4) is 0 Å². The summed E-state index contributed by atoms with van der Waals surface area (Å²) >= 11 is 0. The van der Waals surface area contributed by atoms with Gasteiger partial charge < -0.3 is 5.32 Å². The predicted molar refractivity (Wildman–Crippen MR) is 72.5 cm³/mol. The summed E-state index contributed by atoms with van der Waals surface area (Å²) in [5.41, 5.74) is 1.77. The smallest absolute Gasteiger partial charge is 0.126 e. The van der Waals surface area contributed by atoms with E-state index in [1.54, 1.807) is 13.0 Å². The third-order valence-corrected chi connectivity index (χ3v) is 2.47. The molecule has 0 heterocycles. The maximum absolute atomic E-state index is 13.3. The van der Waals surface area contributed by atoms with Crippen molar-refractivity contribution >= 4 is 6.08 Å². The first kappa shape index (κ1) is 13.9. The molecule has 0 aliphatic carbocycles. The molecule has 1 nitrogen and oxygen atoms in total. The third kappa shape index (κ3) is 5.64. The summed E-state index contributed by atoms with van der Waals surface area (Å²) in [7, 11) is 0. The van der Waals surface area contributed by atoms with Crippen LogP contribution < -0.4 is 5.32 Å². The van der Waals surface area contributed by atoms with E-state index in [1.807, 2.05) is 18.2 Å². The highest BCUT2D eigenvalue weighted by atomic mass is 19.1. The highest BCUT2D eigenvalue weighted by Crippen LogP contribution is 2.10. The normalized spacial score (nSPS) is 12.3. The van der Waals surface area contributed by atoms with E-state index in [2.05, 4.69) is 32.2 Å². The molecule has 1 rings (SSSR count). The monoisotopic (exact) mass is 235 g/mol. The van der Waals surface area contributed by atoms with Gasteiger partial charge in [-0.25, -0.2) is 4.39 Å². The fraction of sp³-hybridized carbons (Fsp3) is 0.467. The summed E-state index contributed by atoms with van der Waals surface area (Å²) in [5.74, 6) is -0.139. The summed E-state index contributed by atoms with van der Waals surface area (Å²) in [6.45, 7) is 9.15. The number of hydrogen-bond donors (Lipinski definition) is 1. The van der Waals surface area contributed by atoms with Crippen LogP contribution in [0.5, 0.6) is 0 Å². The molecule has 1 aromatic carbocycles. The summed E-state index contributed by atoms with van der Waals surface area (Å²) in [6.07, 6.45) is 4.99. The largest absolute Gasteiger partial charge is 0.312 e.